The van der Waals surface area contributed by atoms with Crippen LogP contribution in [0.1, 0.15) is 24.3 Å². The Bertz CT molecular complexity index is 458. The number of aliphatic hydroxyl groups is 1. The SMILES string of the molecule is CC(NCc1ccccn1)C(O)c1ccccc1. The highest BCUT2D eigenvalue weighted by Gasteiger charge is 2.15. The minimum atomic E-state index is -0.505. The van der Waals surface area contributed by atoms with Crippen molar-refractivity contribution in [2.24, 2.45) is 0 Å². The van der Waals surface area contributed by atoms with E-state index in [0.717, 1.165) is 11.3 Å². The van der Waals surface area contributed by atoms with Gasteiger partial charge in [-0.15, -0.1) is 0 Å². The zero-order chi connectivity index (χ0) is 12.8. The average molecular weight is 242 g/mol. The highest BCUT2D eigenvalue weighted by atomic mass is 16.3. The Kier molecular flexibility index (Phi) is 4.45. The third-order valence-electron chi connectivity index (χ3n) is 2.95. The zero-order valence-corrected chi connectivity index (χ0v) is 10.5. The van der Waals surface area contributed by atoms with Gasteiger partial charge in [0.15, 0.2) is 0 Å². The van der Waals surface area contributed by atoms with Gasteiger partial charge in [0.05, 0.1) is 11.8 Å². The standard InChI is InChI=1S/C15H18N2O/c1-12(15(18)13-7-3-2-4-8-13)17-11-14-9-5-6-10-16-14/h2-10,12,15,17-18H,11H2,1H3. The van der Waals surface area contributed by atoms with Gasteiger partial charge in [-0.2, -0.15) is 0 Å². The number of nitrogens with zero attached hydrogens (tertiary/aromatic N) is 1. The molecule has 2 aromatic rings. The van der Waals surface area contributed by atoms with E-state index in [1.165, 1.54) is 0 Å². The summed E-state index contributed by atoms with van der Waals surface area (Å²) < 4.78 is 0. The molecule has 0 amide bonds. The van der Waals surface area contributed by atoms with Crippen LogP contribution in [-0.4, -0.2) is 16.1 Å². The number of hydrogen-bond donors (Lipinski definition) is 2. The molecule has 0 radical (unpaired) electrons. The van der Waals surface area contributed by atoms with Crippen molar-refractivity contribution in [1.29, 1.82) is 0 Å². The fraction of sp³-hybridized carbons (Fsp3) is 0.267. The van der Waals surface area contributed by atoms with Gasteiger partial charge < -0.3 is 10.4 Å². The second-order valence-electron chi connectivity index (χ2n) is 4.35. The summed E-state index contributed by atoms with van der Waals surface area (Å²) in [4.78, 5) is 4.24. The first-order valence-electron chi connectivity index (χ1n) is 6.13. The molecule has 94 valence electrons. The highest BCUT2D eigenvalue weighted by Crippen LogP contribution is 2.16. The lowest BCUT2D eigenvalue weighted by Gasteiger charge is -2.20. The van der Waals surface area contributed by atoms with Crippen LogP contribution >= 0.6 is 0 Å². The number of benzene rings is 1. The Labute approximate surface area is 108 Å². The van der Waals surface area contributed by atoms with Crippen molar-refractivity contribution < 1.29 is 5.11 Å². The molecule has 18 heavy (non-hydrogen) atoms. The monoisotopic (exact) mass is 242 g/mol. The first-order valence-corrected chi connectivity index (χ1v) is 6.13. The third-order valence-corrected chi connectivity index (χ3v) is 2.95. The van der Waals surface area contributed by atoms with Gasteiger partial charge in [0.25, 0.3) is 0 Å². The number of nitrogens with one attached hydrogen (secondary N) is 1. The molecule has 3 nitrogen and oxygen atoms in total. The van der Waals surface area contributed by atoms with E-state index in [1.807, 2.05) is 55.5 Å². The number of pyridine rings is 1. The Morgan fingerprint density at radius 1 is 1.11 bits per heavy atom. The van der Waals surface area contributed by atoms with Gasteiger partial charge in [0, 0.05) is 18.8 Å². The van der Waals surface area contributed by atoms with Gasteiger partial charge in [-0.25, -0.2) is 0 Å². The Balaban J connectivity index is 1.90. The number of rotatable bonds is 5. The van der Waals surface area contributed by atoms with Crippen LogP contribution in [0.3, 0.4) is 0 Å². The zero-order valence-electron chi connectivity index (χ0n) is 10.5. The van der Waals surface area contributed by atoms with Crippen LogP contribution in [0.25, 0.3) is 0 Å². The van der Waals surface area contributed by atoms with Gasteiger partial charge in [-0.3, -0.25) is 4.98 Å². The second-order valence-corrected chi connectivity index (χ2v) is 4.35. The van der Waals surface area contributed by atoms with Gasteiger partial charge >= 0.3 is 0 Å². The lowest BCUT2D eigenvalue weighted by Crippen LogP contribution is -2.31. The Morgan fingerprint density at radius 3 is 2.50 bits per heavy atom. The minimum Gasteiger partial charge on any atom is -0.387 e. The lowest BCUT2D eigenvalue weighted by atomic mass is 10.0. The first-order chi connectivity index (χ1) is 8.77. The van der Waals surface area contributed by atoms with E-state index in [-0.39, 0.29) is 6.04 Å². The maximum absolute atomic E-state index is 10.2. The molecule has 0 bridgehead atoms. The number of aliphatic hydroxyl groups excluding tert-OH is 1. The average Bonchev–Trinajstić information content (AvgIpc) is 2.46. The van der Waals surface area contributed by atoms with Crippen LogP contribution in [-0.2, 0) is 6.54 Å². The van der Waals surface area contributed by atoms with Gasteiger partial charge in [-0.05, 0) is 24.6 Å². The molecule has 0 saturated carbocycles. The molecular weight excluding hydrogens is 224 g/mol. The number of aromatic nitrogens is 1. The van der Waals surface area contributed by atoms with Crippen LogP contribution < -0.4 is 5.32 Å². The van der Waals surface area contributed by atoms with Crippen molar-refractivity contribution in [3.8, 4) is 0 Å². The van der Waals surface area contributed by atoms with Crippen molar-refractivity contribution in [1.82, 2.24) is 10.3 Å². The predicted octanol–water partition coefficient (Wildman–Crippen LogP) is 2.29. The fourth-order valence-corrected chi connectivity index (χ4v) is 1.82. The molecule has 2 N–H and O–H groups in total. The van der Waals surface area contributed by atoms with Crippen molar-refractivity contribution in [2.45, 2.75) is 25.6 Å². The summed E-state index contributed by atoms with van der Waals surface area (Å²) in [5.74, 6) is 0. The molecular formula is C15H18N2O. The fourth-order valence-electron chi connectivity index (χ4n) is 1.82. The molecule has 2 rings (SSSR count). The molecule has 1 heterocycles. The van der Waals surface area contributed by atoms with E-state index in [1.54, 1.807) is 6.20 Å². The van der Waals surface area contributed by atoms with Gasteiger partial charge in [-0.1, -0.05) is 36.4 Å². The summed E-state index contributed by atoms with van der Waals surface area (Å²) in [6, 6.07) is 15.5. The van der Waals surface area contributed by atoms with E-state index in [9.17, 15) is 5.11 Å². The second kappa shape index (κ2) is 6.28. The molecule has 0 spiro atoms. The van der Waals surface area contributed by atoms with Crippen molar-refractivity contribution in [2.75, 3.05) is 0 Å². The van der Waals surface area contributed by atoms with E-state index in [4.69, 9.17) is 0 Å². The van der Waals surface area contributed by atoms with Gasteiger partial charge in [0.2, 0.25) is 0 Å². The highest BCUT2D eigenvalue weighted by molar-refractivity contribution is 5.18. The molecule has 3 heteroatoms. The summed E-state index contributed by atoms with van der Waals surface area (Å²) >= 11 is 0. The maximum atomic E-state index is 10.2. The summed E-state index contributed by atoms with van der Waals surface area (Å²) in [5, 5.41) is 13.5. The maximum Gasteiger partial charge on any atom is 0.0940 e. The summed E-state index contributed by atoms with van der Waals surface area (Å²) in [5.41, 5.74) is 1.91. The number of hydrogen-bond acceptors (Lipinski definition) is 3. The smallest absolute Gasteiger partial charge is 0.0940 e. The quantitative estimate of drug-likeness (QED) is 0.845. The largest absolute Gasteiger partial charge is 0.387 e. The molecule has 0 aliphatic rings. The molecule has 1 aromatic heterocycles. The van der Waals surface area contributed by atoms with Crippen LogP contribution in [0, 0.1) is 0 Å². The van der Waals surface area contributed by atoms with Gasteiger partial charge in [0.1, 0.15) is 0 Å². The third kappa shape index (κ3) is 3.39. The Hall–Kier alpha value is -1.71. The Morgan fingerprint density at radius 2 is 1.83 bits per heavy atom. The molecule has 2 atom stereocenters. The normalized spacial score (nSPS) is 14.1. The summed E-state index contributed by atoms with van der Waals surface area (Å²) in [6.07, 6.45) is 1.27. The van der Waals surface area contributed by atoms with Crippen LogP contribution in [0.5, 0.6) is 0 Å². The molecule has 0 saturated heterocycles. The summed E-state index contributed by atoms with van der Waals surface area (Å²) in [7, 11) is 0. The molecule has 0 aliphatic carbocycles. The minimum absolute atomic E-state index is 0.0191. The first kappa shape index (κ1) is 12.7. The summed E-state index contributed by atoms with van der Waals surface area (Å²) in [6.45, 7) is 2.63. The van der Waals surface area contributed by atoms with Crippen molar-refractivity contribution in [3.05, 3.63) is 66.0 Å². The predicted molar refractivity (Wildman–Crippen MR) is 71.9 cm³/mol. The van der Waals surface area contributed by atoms with E-state index < -0.39 is 6.10 Å². The van der Waals surface area contributed by atoms with E-state index >= 15 is 0 Å². The molecule has 2 unspecified atom stereocenters. The van der Waals surface area contributed by atoms with E-state index in [0.29, 0.717) is 6.54 Å². The molecule has 1 aromatic carbocycles. The van der Waals surface area contributed by atoms with Crippen molar-refractivity contribution >= 4 is 0 Å². The van der Waals surface area contributed by atoms with Crippen LogP contribution in [0.4, 0.5) is 0 Å². The van der Waals surface area contributed by atoms with Crippen LogP contribution in [0.2, 0.25) is 0 Å². The van der Waals surface area contributed by atoms with E-state index in [2.05, 4.69) is 10.3 Å². The molecule has 0 fully saturated rings. The topological polar surface area (TPSA) is 45.2 Å². The lowest BCUT2D eigenvalue weighted by molar-refractivity contribution is 0.135. The van der Waals surface area contributed by atoms with Crippen molar-refractivity contribution in [3.63, 3.8) is 0 Å². The van der Waals surface area contributed by atoms with Crippen LogP contribution in [0.15, 0.2) is 54.7 Å². The molecule has 0 aliphatic heterocycles.